The van der Waals surface area contributed by atoms with Crippen molar-refractivity contribution >= 4 is 34.4 Å². The maximum Gasteiger partial charge on any atom is 0.278 e. The van der Waals surface area contributed by atoms with Crippen LogP contribution in [0.1, 0.15) is 37.9 Å². The van der Waals surface area contributed by atoms with Gasteiger partial charge in [-0.2, -0.15) is 0 Å². The fraction of sp³-hybridized carbons (Fsp3) is 0.350. The smallest absolute Gasteiger partial charge is 0.278 e. The number of aromatic amines is 1. The lowest BCUT2D eigenvalue weighted by Crippen LogP contribution is -2.23. The van der Waals surface area contributed by atoms with Gasteiger partial charge in [0.25, 0.3) is 5.56 Å². The number of carbonyl (C=O) groups is 1. The second-order valence-electron chi connectivity index (χ2n) is 6.77. The van der Waals surface area contributed by atoms with E-state index in [1.807, 2.05) is 44.2 Å². The van der Waals surface area contributed by atoms with Crippen molar-refractivity contribution in [3.8, 4) is 0 Å². The molecule has 0 aliphatic carbocycles. The number of amides is 1. The summed E-state index contributed by atoms with van der Waals surface area (Å²) in [5.41, 5.74) is 3.88. The van der Waals surface area contributed by atoms with Gasteiger partial charge in [-0.25, -0.2) is 4.98 Å². The maximum atomic E-state index is 12.6. The molecule has 3 rings (SSSR count). The molecule has 0 bridgehead atoms. The van der Waals surface area contributed by atoms with E-state index in [-0.39, 0.29) is 17.2 Å². The predicted molar refractivity (Wildman–Crippen MR) is 111 cm³/mol. The van der Waals surface area contributed by atoms with Gasteiger partial charge in [-0.05, 0) is 43.5 Å². The summed E-state index contributed by atoms with van der Waals surface area (Å²) in [4.78, 5) is 32.6. The van der Waals surface area contributed by atoms with Gasteiger partial charge >= 0.3 is 0 Å². The number of thioether (sulfide) groups is 1. The maximum absolute atomic E-state index is 12.6. The highest BCUT2D eigenvalue weighted by molar-refractivity contribution is 7.99. The van der Waals surface area contributed by atoms with Crippen molar-refractivity contribution in [1.82, 2.24) is 14.5 Å². The first-order valence-corrected chi connectivity index (χ1v) is 10.0. The quantitative estimate of drug-likeness (QED) is 0.499. The molecule has 2 heterocycles. The molecule has 2 aromatic heterocycles. The Balaban J connectivity index is 1.75. The fourth-order valence-corrected chi connectivity index (χ4v) is 3.77. The van der Waals surface area contributed by atoms with Crippen molar-refractivity contribution in [3.63, 3.8) is 0 Å². The molecular weight excluding hydrogens is 360 g/mol. The van der Waals surface area contributed by atoms with Gasteiger partial charge in [-0.15, -0.1) is 0 Å². The van der Waals surface area contributed by atoms with Crippen LogP contribution in [0.25, 0.3) is 11.0 Å². The highest BCUT2D eigenvalue weighted by Gasteiger charge is 2.14. The van der Waals surface area contributed by atoms with Crippen LogP contribution in [0.3, 0.4) is 0 Å². The Morgan fingerprint density at radius 2 is 2.11 bits per heavy atom. The number of nitrogens with zero attached hydrogens (tertiary/aromatic N) is 2. The summed E-state index contributed by atoms with van der Waals surface area (Å²) in [6.45, 7) is 8.52. The normalized spacial score (nSPS) is 11.3. The number of nitrogens with one attached hydrogen (secondary N) is 2. The van der Waals surface area contributed by atoms with Gasteiger partial charge in [-0.1, -0.05) is 37.7 Å². The minimum Gasteiger partial charge on any atom is -0.353 e. The minimum absolute atomic E-state index is 0.108. The Kier molecular flexibility index (Phi) is 5.70. The van der Waals surface area contributed by atoms with Gasteiger partial charge in [0.1, 0.15) is 5.52 Å². The van der Waals surface area contributed by atoms with Crippen molar-refractivity contribution in [1.29, 1.82) is 0 Å². The largest absolute Gasteiger partial charge is 0.353 e. The van der Waals surface area contributed by atoms with E-state index in [9.17, 15) is 9.59 Å². The van der Waals surface area contributed by atoms with E-state index in [1.54, 1.807) is 4.57 Å². The zero-order valence-electron chi connectivity index (χ0n) is 16.0. The average Bonchev–Trinajstić information content (AvgIpc) is 3.01. The Labute approximate surface area is 162 Å². The second-order valence-corrected chi connectivity index (χ2v) is 7.72. The lowest BCUT2D eigenvalue weighted by molar-refractivity contribution is -0.113. The standard InChI is InChI=1S/C20H24N4O2S/c1-5-24-19(26)18-16(9-13(4)21-18)23-20(24)27-11-17(25)22-15-8-6-7-14(10-15)12(2)3/h6-10,12,21H,5,11H2,1-4H3,(H,22,25). The topological polar surface area (TPSA) is 79.8 Å². The molecule has 0 radical (unpaired) electrons. The number of benzene rings is 1. The molecule has 3 aromatic rings. The van der Waals surface area contributed by atoms with Gasteiger partial charge < -0.3 is 10.3 Å². The third kappa shape index (κ3) is 4.24. The van der Waals surface area contributed by atoms with Crippen LogP contribution in [-0.4, -0.2) is 26.2 Å². The molecule has 27 heavy (non-hydrogen) atoms. The number of H-pyrrole nitrogens is 1. The molecule has 0 saturated carbocycles. The number of hydrogen-bond acceptors (Lipinski definition) is 4. The fourth-order valence-electron chi connectivity index (χ4n) is 2.90. The Morgan fingerprint density at radius 1 is 1.33 bits per heavy atom. The second kappa shape index (κ2) is 8.00. The van der Waals surface area contributed by atoms with Crippen molar-refractivity contribution in [2.45, 2.75) is 45.3 Å². The van der Waals surface area contributed by atoms with Crippen LogP contribution in [-0.2, 0) is 11.3 Å². The molecule has 6 nitrogen and oxygen atoms in total. The molecule has 2 N–H and O–H groups in total. The van der Waals surface area contributed by atoms with Crippen LogP contribution in [0, 0.1) is 6.92 Å². The number of aryl methyl sites for hydroxylation is 1. The summed E-state index contributed by atoms with van der Waals surface area (Å²) in [7, 11) is 0. The van der Waals surface area contributed by atoms with Gasteiger partial charge in [-0.3, -0.25) is 14.2 Å². The number of rotatable bonds is 6. The molecule has 0 spiro atoms. The summed E-state index contributed by atoms with van der Waals surface area (Å²) in [6, 6.07) is 9.70. The van der Waals surface area contributed by atoms with Crippen molar-refractivity contribution in [2.24, 2.45) is 0 Å². The molecular formula is C20H24N4O2S. The van der Waals surface area contributed by atoms with Gasteiger partial charge in [0.05, 0.1) is 11.3 Å². The molecule has 0 unspecified atom stereocenters. The molecule has 142 valence electrons. The zero-order valence-corrected chi connectivity index (χ0v) is 16.8. The molecule has 0 fully saturated rings. The van der Waals surface area contributed by atoms with E-state index in [1.165, 1.54) is 17.3 Å². The first-order valence-electron chi connectivity index (χ1n) is 9.01. The van der Waals surface area contributed by atoms with Gasteiger partial charge in [0, 0.05) is 17.9 Å². The van der Waals surface area contributed by atoms with Gasteiger partial charge in [0.2, 0.25) is 5.91 Å². The van der Waals surface area contributed by atoms with Crippen LogP contribution in [0.15, 0.2) is 40.3 Å². The van der Waals surface area contributed by atoms with E-state index in [2.05, 4.69) is 29.1 Å². The third-order valence-corrected chi connectivity index (χ3v) is 5.30. The summed E-state index contributed by atoms with van der Waals surface area (Å²) in [5.74, 6) is 0.465. The molecule has 0 saturated heterocycles. The van der Waals surface area contributed by atoms with Crippen molar-refractivity contribution < 1.29 is 4.79 Å². The number of fused-ring (bicyclic) bond motifs is 1. The summed E-state index contributed by atoms with van der Waals surface area (Å²) < 4.78 is 1.59. The number of aromatic nitrogens is 3. The van der Waals surface area contributed by atoms with Crippen LogP contribution >= 0.6 is 11.8 Å². The average molecular weight is 385 g/mol. The first-order chi connectivity index (χ1) is 12.9. The number of carbonyl (C=O) groups excluding carboxylic acids is 1. The number of anilines is 1. The van der Waals surface area contributed by atoms with E-state index in [4.69, 9.17) is 0 Å². The molecule has 0 aliphatic rings. The first kappa shape index (κ1) is 19.2. The summed E-state index contributed by atoms with van der Waals surface area (Å²) in [6.07, 6.45) is 0. The molecule has 0 aliphatic heterocycles. The lowest BCUT2D eigenvalue weighted by Gasteiger charge is -2.11. The minimum atomic E-state index is -0.122. The lowest BCUT2D eigenvalue weighted by atomic mass is 10.0. The number of hydrogen-bond donors (Lipinski definition) is 2. The molecule has 0 atom stereocenters. The monoisotopic (exact) mass is 384 g/mol. The van der Waals surface area contributed by atoms with E-state index in [0.717, 1.165) is 11.4 Å². The molecule has 7 heteroatoms. The highest BCUT2D eigenvalue weighted by atomic mass is 32.2. The molecule has 1 aromatic carbocycles. The van der Waals surface area contributed by atoms with E-state index >= 15 is 0 Å². The Bertz CT molecular complexity index is 1040. The van der Waals surface area contributed by atoms with Crippen LogP contribution in [0.2, 0.25) is 0 Å². The van der Waals surface area contributed by atoms with Crippen LogP contribution in [0.5, 0.6) is 0 Å². The third-order valence-electron chi connectivity index (χ3n) is 4.32. The Hall–Kier alpha value is -2.54. The van der Waals surface area contributed by atoms with E-state index < -0.39 is 0 Å². The van der Waals surface area contributed by atoms with Gasteiger partial charge in [0.15, 0.2) is 5.16 Å². The van der Waals surface area contributed by atoms with Crippen molar-refractivity contribution in [2.75, 3.05) is 11.1 Å². The summed E-state index contributed by atoms with van der Waals surface area (Å²) >= 11 is 1.27. The van der Waals surface area contributed by atoms with Crippen LogP contribution < -0.4 is 10.9 Å². The predicted octanol–water partition coefficient (Wildman–Crippen LogP) is 3.91. The zero-order chi connectivity index (χ0) is 19.6. The Morgan fingerprint density at radius 3 is 2.81 bits per heavy atom. The summed E-state index contributed by atoms with van der Waals surface area (Å²) in [5, 5.41) is 3.48. The highest BCUT2D eigenvalue weighted by Crippen LogP contribution is 2.21. The van der Waals surface area contributed by atoms with Crippen molar-refractivity contribution in [3.05, 3.63) is 51.9 Å². The van der Waals surface area contributed by atoms with Crippen LogP contribution in [0.4, 0.5) is 5.69 Å². The van der Waals surface area contributed by atoms with E-state index in [0.29, 0.717) is 28.7 Å². The SMILES string of the molecule is CCn1c(SCC(=O)Nc2cccc(C(C)C)c2)nc2cc(C)[nH]c2c1=O. The molecule has 1 amide bonds.